The molecular weight excluding hydrogens is 378 g/mol. The topological polar surface area (TPSA) is 68.5 Å². The zero-order valence-electron chi connectivity index (χ0n) is 18.4. The van der Waals surface area contributed by atoms with Crippen molar-refractivity contribution in [3.63, 3.8) is 0 Å². The van der Waals surface area contributed by atoms with Crippen LogP contribution in [0.4, 0.5) is 0 Å². The summed E-state index contributed by atoms with van der Waals surface area (Å²) in [4.78, 5) is 24.4. The smallest absolute Gasteiger partial charge is 0.336 e. The molecule has 2 aromatic rings. The maximum Gasteiger partial charge on any atom is 0.336 e. The number of amides is 1. The molecule has 0 spiro atoms. The van der Waals surface area contributed by atoms with E-state index in [0.717, 1.165) is 23.8 Å². The Hall–Kier alpha value is -2.30. The first-order chi connectivity index (χ1) is 14.5. The van der Waals surface area contributed by atoms with Gasteiger partial charge in [-0.15, -0.1) is 0 Å². The largest absolute Gasteiger partial charge is 0.481 e. The Bertz CT molecular complexity index is 876. The monoisotopic (exact) mass is 413 g/mol. The molecule has 0 aliphatic heterocycles. The van der Waals surface area contributed by atoms with Crippen molar-refractivity contribution in [3.05, 3.63) is 40.2 Å². The molecule has 0 saturated heterocycles. The van der Waals surface area contributed by atoms with Crippen LogP contribution in [0.2, 0.25) is 0 Å². The van der Waals surface area contributed by atoms with Crippen LogP contribution in [0.5, 0.6) is 5.75 Å². The average molecular weight is 414 g/mol. The number of ether oxygens (including phenoxy) is 1. The van der Waals surface area contributed by atoms with E-state index < -0.39 is 6.10 Å². The summed E-state index contributed by atoms with van der Waals surface area (Å²) in [7, 11) is 0. The van der Waals surface area contributed by atoms with Gasteiger partial charge in [0.25, 0.3) is 5.91 Å². The summed E-state index contributed by atoms with van der Waals surface area (Å²) < 4.78 is 11.1. The third-order valence-corrected chi connectivity index (χ3v) is 6.06. The zero-order valence-corrected chi connectivity index (χ0v) is 18.4. The lowest BCUT2D eigenvalue weighted by molar-refractivity contribution is -0.128. The zero-order chi connectivity index (χ0) is 21.3. The van der Waals surface area contributed by atoms with Gasteiger partial charge < -0.3 is 14.5 Å². The highest BCUT2D eigenvalue weighted by Crippen LogP contribution is 2.23. The van der Waals surface area contributed by atoms with Crippen LogP contribution in [-0.4, -0.2) is 18.1 Å². The summed E-state index contributed by atoms with van der Waals surface area (Å²) in [5, 5.41) is 4.08. The third-order valence-electron chi connectivity index (χ3n) is 6.06. The van der Waals surface area contributed by atoms with Crippen LogP contribution in [-0.2, 0) is 4.79 Å². The fourth-order valence-electron chi connectivity index (χ4n) is 4.26. The Morgan fingerprint density at radius 1 is 1.00 bits per heavy atom. The van der Waals surface area contributed by atoms with Crippen LogP contribution in [0, 0.1) is 6.92 Å². The van der Waals surface area contributed by atoms with E-state index in [2.05, 4.69) is 5.32 Å². The number of carbonyl (C=O) groups excluding carboxylic acids is 1. The Kier molecular flexibility index (Phi) is 8.35. The van der Waals surface area contributed by atoms with E-state index in [1.807, 2.05) is 19.1 Å². The Morgan fingerprint density at radius 3 is 2.23 bits per heavy atom. The van der Waals surface area contributed by atoms with Crippen LogP contribution < -0.4 is 15.7 Å². The van der Waals surface area contributed by atoms with E-state index in [1.54, 1.807) is 13.0 Å². The number of nitrogens with one attached hydrogen (secondary N) is 1. The van der Waals surface area contributed by atoms with E-state index >= 15 is 0 Å². The molecule has 1 atom stereocenters. The summed E-state index contributed by atoms with van der Waals surface area (Å²) in [5.74, 6) is 0.440. The molecule has 1 aromatic carbocycles. The van der Waals surface area contributed by atoms with E-state index in [4.69, 9.17) is 9.15 Å². The highest BCUT2D eigenvalue weighted by Gasteiger charge is 2.19. The van der Waals surface area contributed by atoms with Gasteiger partial charge in [0.15, 0.2) is 6.10 Å². The van der Waals surface area contributed by atoms with Gasteiger partial charge in [-0.2, -0.15) is 0 Å². The Labute approximate surface area is 179 Å². The fraction of sp³-hybridized carbons (Fsp3) is 0.600. The molecule has 1 aromatic heterocycles. The van der Waals surface area contributed by atoms with Gasteiger partial charge in [-0.1, -0.05) is 57.8 Å². The molecule has 5 heteroatoms. The van der Waals surface area contributed by atoms with Gasteiger partial charge in [-0.05, 0) is 44.4 Å². The van der Waals surface area contributed by atoms with E-state index in [0.29, 0.717) is 11.3 Å². The second kappa shape index (κ2) is 11.2. The van der Waals surface area contributed by atoms with Crippen LogP contribution in [0.1, 0.15) is 83.1 Å². The van der Waals surface area contributed by atoms with Gasteiger partial charge in [-0.25, -0.2) is 4.79 Å². The first-order valence-electron chi connectivity index (χ1n) is 11.5. The van der Waals surface area contributed by atoms with Crippen molar-refractivity contribution in [1.82, 2.24) is 5.32 Å². The number of carbonyl (C=O) groups is 1. The minimum Gasteiger partial charge on any atom is -0.481 e. The summed E-state index contributed by atoms with van der Waals surface area (Å²) >= 11 is 0. The highest BCUT2D eigenvalue weighted by atomic mass is 16.5. The molecule has 1 unspecified atom stereocenters. The molecule has 1 amide bonds. The summed E-state index contributed by atoms with van der Waals surface area (Å²) in [5.41, 5.74) is 0.955. The van der Waals surface area contributed by atoms with Crippen molar-refractivity contribution < 1.29 is 13.9 Å². The number of hydrogen-bond acceptors (Lipinski definition) is 4. The number of rotatable bonds is 4. The second-order valence-corrected chi connectivity index (χ2v) is 8.63. The summed E-state index contributed by atoms with van der Waals surface area (Å²) in [6.07, 6.45) is 13.0. The van der Waals surface area contributed by atoms with Crippen molar-refractivity contribution in [2.75, 3.05) is 0 Å². The lowest BCUT2D eigenvalue weighted by Crippen LogP contribution is -2.42. The van der Waals surface area contributed by atoms with Gasteiger partial charge in [0.2, 0.25) is 0 Å². The molecule has 5 nitrogen and oxygen atoms in total. The van der Waals surface area contributed by atoms with Crippen molar-refractivity contribution in [3.8, 4) is 5.75 Å². The Morgan fingerprint density at radius 2 is 1.60 bits per heavy atom. The number of benzene rings is 1. The van der Waals surface area contributed by atoms with Gasteiger partial charge >= 0.3 is 5.63 Å². The third kappa shape index (κ3) is 6.61. The second-order valence-electron chi connectivity index (χ2n) is 8.63. The number of aryl methyl sites for hydroxylation is 1. The normalized spacial score (nSPS) is 18.2. The maximum absolute atomic E-state index is 12.8. The van der Waals surface area contributed by atoms with E-state index in [-0.39, 0.29) is 17.6 Å². The predicted octanol–water partition coefficient (Wildman–Crippen LogP) is 5.66. The molecule has 0 bridgehead atoms. The van der Waals surface area contributed by atoms with Crippen LogP contribution in [0.15, 0.2) is 33.5 Å². The average Bonchev–Trinajstić information content (AvgIpc) is 2.69. The minimum atomic E-state index is -0.611. The first-order valence-corrected chi connectivity index (χ1v) is 11.5. The molecule has 0 radical (unpaired) electrons. The molecule has 30 heavy (non-hydrogen) atoms. The maximum atomic E-state index is 12.8. The van der Waals surface area contributed by atoms with Crippen LogP contribution in [0.25, 0.3) is 11.0 Å². The molecule has 3 rings (SSSR count). The molecule has 1 aliphatic carbocycles. The van der Waals surface area contributed by atoms with Crippen molar-refractivity contribution in [2.45, 2.75) is 96.6 Å². The predicted molar refractivity (Wildman–Crippen MR) is 120 cm³/mol. The number of fused-ring (bicyclic) bond motifs is 1. The van der Waals surface area contributed by atoms with Gasteiger partial charge in [0.1, 0.15) is 11.3 Å². The minimum absolute atomic E-state index is 0.0853. The van der Waals surface area contributed by atoms with Crippen molar-refractivity contribution >= 4 is 16.9 Å². The standard InChI is InChI=1S/C25H35NO4/c1-18-16-24(27)30-23-17-21(14-15-22(18)23)29-19(2)25(28)26-20-12-10-8-6-4-3-5-7-9-11-13-20/h14-17,19-20H,3-13H2,1-2H3,(H,26,28). The van der Waals surface area contributed by atoms with E-state index in [1.165, 1.54) is 63.9 Å². The van der Waals surface area contributed by atoms with Crippen LogP contribution in [0.3, 0.4) is 0 Å². The molecule has 1 N–H and O–H groups in total. The summed E-state index contributed by atoms with van der Waals surface area (Å²) in [6, 6.07) is 7.06. The lowest BCUT2D eigenvalue weighted by Gasteiger charge is -2.22. The quantitative estimate of drug-likeness (QED) is 0.657. The number of hydrogen-bond donors (Lipinski definition) is 1. The lowest BCUT2D eigenvalue weighted by atomic mass is 9.98. The molecule has 1 saturated carbocycles. The van der Waals surface area contributed by atoms with E-state index in [9.17, 15) is 9.59 Å². The van der Waals surface area contributed by atoms with Gasteiger partial charge in [0.05, 0.1) is 0 Å². The highest BCUT2D eigenvalue weighted by molar-refractivity contribution is 5.82. The molecular formula is C25H35NO4. The van der Waals surface area contributed by atoms with Gasteiger partial charge in [-0.3, -0.25) is 4.79 Å². The van der Waals surface area contributed by atoms with Crippen molar-refractivity contribution in [2.24, 2.45) is 0 Å². The van der Waals surface area contributed by atoms with Gasteiger partial charge in [0, 0.05) is 23.6 Å². The fourth-order valence-corrected chi connectivity index (χ4v) is 4.26. The molecule has 1 fully saturated rings. The summed E-state index contributed by atoms with van der Waals surface area (Å²) in [6.45, 7) is 3.64. The SMILES string of the molecule is Cc1cc(=O)oc2cc(OC(C)C(=O)NC3CCCCCCCCCCC3)ccc12. The first kappa shape index (κ1) is 22.4. The molecule has 1 heterocycles. The molecule has 1 aliphatic rings. The Balaban J connectivity index is 1.58. The van der Waals surface area contributed by atoms with Crippen LogP contribution >= 0.6 is 0 Å². The van der Waals surface area contributed by atoms with Crippen molar-refractivity contribution in [1.29, 1.82) is 0 Å². The molecule has 164 valence electrons.